The minimum atomic E-state index is -3.41. The molecule has 1 aromatic rings. The summed E-state index contributed by atoms with van der Waals surface area (Å²) in [7, 11) is -1.88. The van der Waals surface area contributed by atoms with Crippen LogP contribution in [0.25, 0.3) is 0 Å². The third-order valence-corrected chi connectivity index (χ3v) is 4.83. The summed E-state index contributed by atoms with van der Waals surface area (Å²) in [5.74, 6) is 0. The van der Waals surface area contributed by atoms with E-state index in [9.17, 15) is 8.42 Å². The molecule has 1 aliphatic rings. The van der Waals surface area contributed by atoms with Gasteiger partial charge in [-0.3, -0.25) is 0 Å². The normalized spacial score (nSPS) is 25.7. The van der Waals surface area contributed by atoms with Crippen LogP contribution in [-0.4, -0.2) is 27.3 Å². The monoisotopic (exact) mass is 256 g/mol. The maximum Gasteiger partial charge on any atom is 0.205 e. The second kappa shape index (κ2) is 5.16. The first-order valence-electron chi connectivity index (χ1n) is 5.62. The molecule has 17 heavy (non-hydrogen) atoms. The van der Waals surface area contributed by atoms with Crippen molar-refractivity contribution in [3.63, 3.8) is 0 Å². The lowest BCUT2D eigenvalue weighted by molar-refractivity contribution is -0.157. The average Bonchev–Trinajstić information content (AvgIpc) is 2.40. The molecule has 94 valence electrons. The van der Waals surface area contributed by atoms with Crippen LogP contribution >= 0.6 is 0 Å². The first-order chi connectivity index (χ1) is 8.14. The Kier molecular flexibility index (Phi) is 3.81. The maximum atomic E-state index is 12.3. The molecule has 2 rings (SSSR count). The highest BCUT2D eigenvalue weighted by Gasteiger charge is 2.33. The third kappa shape index (κ3) is 2.68. The molecule has 1 aromatic carbocycles. The highest BCUT2D eigenvalue weighted by atomic mass is 32.2. The Bertz CT molecular complexity index is 455. The van der Waals surface area contributed by atoms with Crippen molar-refractivity contribution in [3.05, 3.63) is 30.3 Å². The number of sulfone groups is 1. The van der Waals surface area contributed by atoms with Gasteiger partial charge in [0, 0.05) is 7.11 Å². The lowest BCUT2D eigenvalue weighted by atomic mass is 10.2. The maximum absolute atomic E-state index is 12.3. The second-order valence-corrected chi connectivity index (χ2v) is 6.11. The van der Waals surface area contributed by atoms with E-state index in [1.165, 1.54) is 7.11 Å². The fourth-order valence-electron chi connectivity index (χ4n) is 1.92. The van der Waals surface area contributed by atoms with Crippen molar-refractivity contribution in [2.24, 2.45) is 0 Å². The van der Waals surface area contributed by atoms with E-state index in [0.717, 1.165) is 12.8 Å². The van der Waals surface area contributed by atoms with Crippen LogP contribution in [0.1, 0.15) is 19.3 Å². The van der Waals surface area contributed by atoms with Crippen molar-refractivity contribution in [2.45, 2.75) is 35.9 Å². The molecular weight excluding hydrogens is 240 g/mol. The van der Waals surface area contributed by atoms with Crippen LogP contribution in [-0.2, 0) is 19.3 Å². The van der Waals surface area contributed by atoms with Gasteiger partial charge >= 0.3 is 0 Å². The Morgan fingerprint density at radius 3 is 2.59 bits per heavy atom. The van der Waals surface area contributed by atoms with Gasteiger partial charge < -0.3 is 9.47 Å². The fourth-order valence-corrected chi connectivity index (χ4v) is 3.51. The van der Waals surface area contributed by atoms with Crippen LogP contribution in [0.4, 0.5) is 0 Å². The molecule has 0 N–H and O–H groups in total. The summed E-state index contributed by atoms with van der Waals surface area (Å²) in [5.41, 5.74) is -0.788. The SMILES string of the molecule is CO[C@@H]1CCC[C@@H](S(=O)(=O)c2ccccc2)O1. The van der Waals surface area contributed by atoms with Crippen molar-refractivity contribution in [1.29, 1.82) is 0 Å². The van der Waals surface area contributed by atoms with Gasteiger partial charge in [0.15, 0.2) is 11.7 Å². The lowest BCUT2D eigenvalue weighted by Gasteiger charge is -2.28. The summed E-state index contributed by atoms with van der Waals surface area (Å²) in [4.78, 5) is 0.307. The van der Waals surface area contributed by atoms with E-state index < -0.39 is 21.6 Å². The van der Waals surface area contributed by atoms with Gasteiger partial charge in [-0.15, -0.1) is 0 Å². The first-order valence-corrected chi connectivity index (χ1v) is 7.16. The Morgan fingerprint density at radius 1 is 1.24 bits per heavy atom. The van der Waals surface area contributed by atoms with Crippen molar-refractivity contribution < 1.29 is 17.9 Å². The standard InChI is InChI=1S/C12H16O4S/c1-15-11-8-5-9-12(16-11)17(13,14)10-6-3-2-4-7-10/h2-4,6-7,11-12H,5,8-9H2,1H3/t11-,12+/m0/s1. The Morgan fingerprint density at radius 2 is 1.94 bits per heavy atom. The van der Waals surface area contributed by atoms with Crippen LogP contribution in [0.15, 0.2) is 35.2 Å². The van der Waals surface area contributed by atoms with E-state index in [1.807, 2.05) is 0 Å². The number of hydrogen-bond acceptors (Lipinski definition) is 4. The molecule has 4 nitrogen and oxygen atoms in total. The zero-order valence-corrected chi connectivity index (χ0v) is 10.5. The molecule has 1 heterocycles. The summed E-state index contributed by atoms with van der Waals surface area (Å²) >= 11 is 0. The molecule has 1 fully saturated rings. The van der Waals surface area contributed by atoms with Crippen LogP contribution < -0.4 is 0 Å². The number of ether oxygens (including phenoxy) is 2. The molecule has 1 aliphatic heterocycles. The van der Waals surface area contributed by atoms with E-state index >= 15 is 0 Å². The van der Waals surface area contributed by atoms with Crippen molar-refractivity contribution >= 4 is 9.84 Å². The predicted octanol–water partition coefficient (Wildman–Crippen LogP) is 1.96. The van der Waals surface area contributed by atoms with E-state index in [1.54, 1.807) is 30.3 Å². The third-order valence-electron chi connectivity index (χ3n) is 2.86. The Balaban J connectivity index is 2.21. The zero-order chi connectivity index (χ0) is 12.3. The number of rotatable bonds is 3. The fraction of sp³-hybridized carbons (Fsp3) is 0.500. The highest BCUT2D eigenvalue weighted by Crippen LogP contribution is 2.27. The minimum Gasteiger partial charge on any atom is -0.356 e. The lowest BCUT2D eigenvalue weighted by Crippen LogP contribution is -2.34. The van der Waals surface area contributed by atoms with Gasteiger partial charge in [0.2, 0.25) is 9.84 Å². The van der Waals surface area contributed by atoms with Crippen molar-refractivity contribution in [2.75, 3.05) is 7.11 Å². The molecular formula is C12H16O4S. The second-order valence-electron chi connectivity index (χ2n) is 4.02. The van der Waals surface area contributed by atoms with Gasteiger partial charge in [0.1, 0.15) is 0 Å². The van der Waals surface area contributed by atoms with Crippen LogP contribution in [0.3, 0.4) is 0 Å². The summed E-state index contributed by atoms with van der Waals surface area (Å²) in [6.07, 6.45) is 1.66. The summed E-state index contributed by atoms with van der Waals surface area (Å²) < 4.78 is 35.0. The number of benzene rings is 1. The zero-order valence-electron chi connectivity index (χ0n) is 9.70. The van der Waals surface area contributed by atoms with E-state index in [0.29, 0.717) is 11.3 Å². The van der Waals surface area contributed by atoms with Gasteiger partial charge in [-0.2, -0.15) is 0 Å². The predicted molar refractivity (Wildman–Crippen MR) is 63.1 cm³/mol. The van der Waals surface area contributed by atoms with Gasteiger partial charge in [-0.25, -0.2) is 8.42 Å². The van der Waals surface area contributed by atoms with Crippen molar-refractivity contribution in [3.8, 4) is 0 Å². The molecule has 0 radical (unpaired) electrons. The Labute approximate surface area is 101 Å². The smallest absolute Gasteiger partial charge is 0.205 e. The molecule has 0 spiro atoms. The average molecular weight is 256 g/mol. The van der Waals surface area contributed by atoms with E-state index in [4.69, 9.17) is 9.47 Å². The van der Waals surface area contributed by atoms with Gasteiger partial charge in [-0.05, 0) is 31.4 Å². The van der Waals surface area contributed by atoms with Gasteiger partial charge in [-0.1, -0.05) is 18.2 Å². The molecule has 2 atom stereocenters. The summed E-state index contributed by atoms with van der Waals surface area (Å²) in [5, 5.41) is 0. The van der Waals surface area contributed by atoms with Gasteiger partial charge in [0.25, 0.3) is 0 Å². The Hall–Kier alpha value is -0.910. The molecule has 0 saturated carbocycles. The summed E-state index contributed by atoms with van der Waals surface area (Å²) in [6, 6.07) is 8.40. The topological polar surface area (TPSA) is 52.6 Å². The molecule has 1 saturated heterocycles. The van der Waals surface area contributed by atoms with Crippen molar-refractivity contribution in [1.82, 2.24) is 0 Å². The number of hydrogen-bond donors (Lipinski definition) is 0. The van der Waals surface area contributed by atoms with Crippen LogP contribution in [0, 0.1) is 0 Å². The van der Waals surface area contributed by atoms with E-state index in [2.05, 4.69) is 0 Å². The molecule has 5 heteroatoms. The molecule has 0 amide bonds. The van der Waals surface area contributed by atoms with Gasteiger partial charge in [0.05, 0.1) is 4.90 Å². The van der Waals surface area contributed by atoms with Crippen LogP contribution in [0.5, 0.6) is 0 Å². The molecule has 0 unspecified atom stereocenters. The highest BCUT2D eigenvalue weighted by molar-refractivity contribution is 7.91. The van der Waals surface area contributed by atoms with Crippen LogP contribution in [0.2, 0.25) is 0 Å². The largest absolute Gasteiger partial charge is 0.356 e. The number of methoxy groups -OCH3 is 1. The minimum absolute atomic E-state index is 0.307. The molecule has 0 aliphatic carbocycles. The van der Waals surface area contributed by atoms with E-state index in [-0.39, 0.29) is 0 Å². The quantitative estimate of drug-likeness (QED) is 0.829. The molecule has 0 bridgehead atoms. The summed E-state index contributed by atoms with van der Waals surface area (Å²) in [6.45, 7) is 0. The molecule has 0 aromatic heterocycles. The first kappa shape index (κ1) is 12.5.